The Bertz CT molecular complexity index is 374. The Hall–Kier alpha value is -1.07. The topological polar surface area (TPSA) is 70.4 Å². The zero-order valence-electron chi connectivity index (χ0n) is 9.30. The minimum atomic E-state index is -0.973. The first-order chi connectivity index (χ1) is 7.40. The monoisotopic (exact) mass is 241 g/mol. The van der Waals surface area contributed by atoms with Crippen molar-refractivity contribution in [1.29, 1.82) is 0 Å². The lowest BCUT2D eigenvalue weighted by atomic mass is 10.1. The molecule has 5 heteroatoms. The third kappa shape index (κ3) is 4.20. The van der Waals surface area contributed by atoms with Crippen molar-refractivity contribution in [1.82, 2.24) is 4.98 Å². The van der Waals surface area contributed by atoms with Gasteiger partial charge in [-0.15, -0.1) is 11.8 Å². The van der Waals surface area contributed by atoms with E-state index >= 15 is 0 Å². The Labute approximate surface area is 98.7 Å². The predicted octanol–water partition coefficient (Wildman–Crippen LogP) is 2.03. The van der Waals surface area contributed by atoms with E-state index < -0.39 is 11.6 Å². The number of thioether (sulfide) groups is 1. The van der Waals surface area contributed by atoms with E-state index in [1.165, 1.54) is 17.8 Å². The lowest BCUT2D eigenvalue weighted by Gasteiger charge is -2.16. The molecule has 1 heterocycles. The van der Waals surface area contributed by atoms with Gasteiger partial charge in [0.05, 0.1) is 11.2 Å². The number of carbonyl (C=O) groups is 1. The summed E-state index contributed by atoms with van der Waals surface area (Å²) in [5, 5.41) is 18.9. The van der Waals surface area contributed by atoms with E-state index in [-0.39, 0.29) is 5.56 Å². The summed E-state index contributed by atoms with van der Waals surface area (Å²) < 4.78 is 0. The summed E-state index contributed by atoms with van der Waals surface area (Å²) in [5.74, 6) is -0.334. The quantitative estimate of drug-likeness (QED) is 0.772. The molecule has 88 valence electrons. The van der Waals surface area contributed by atoms with Crippen molar-refractivity contribution in [3.05, 3.63) is 23.9 Å². The molecule has 1 aromatic heterocycles. The fourth-order valence-corrected chi connectivity index (χ4v) is 2.31. The molecule has 0 unspecified atom stereocenters. The van der Waals surface area contributed by atoms with Gasteiger partial charge in [-0.3, -0.25) is 0 Å². The van der Waals surface area contributed by atoms with Crippen molar-refractivity contribution in [2.24, 2.45) is 0 Å². The van der Waals surface area contributed by atoms with Crippen LogP contribution in [0.2, 0.25) is 0 Å². The van der Waals surface area contributed by atoms with Gasteiger partial charge >= 0.3 is 5.97 Å². The number of hydrogen-bond donors (Lipinski definition) is 2. The molecule has 0 aliphatic carbocycles. The Morgan fingerprint density at radius 1 is 1.56 bits per heavy atom. The first-order valence-electron chi connectivity index (χ1n) is 4.93. The SMILES string of the molecule is CC(C)(O)CCSc1ncccc1C(=O)O. The summed E-state index contributed by atoms with van der Waals surface area (Å²) in [6.07, 6.45) is 2.16. The van der Waals surface area contributed by atoms with Crippen LogP contribution >= 0.6 is 11.8 Å². The van der Waals surface area contributed by atoms with Gasteiger partial charge in [-0.25, -0.2) is 9.78 Å². The molecular formula is C11H15NO3S. The fraction of sp³-hybridized carbons (Fsp3) is 0.455. The second-order valence-electron chi connectivity index (χ2n) is 4.07. The minimum absolute atomic E-state index is 0.211. The fourth-order valence-electron chi connectivity index (χ4n) is 1.07. The number of pyridine rings is 1. The van der Waals surface area contributed by atoms with Crippen LogP contribution in [0.3, 0.4) is 0 Å². The van der Waals surface area contributed by atoms with E-state index in [1.807, 2.05) is 0 Å². The lowest BCUT2D eigenvalue weighted by Crippen LogP contribution is -2.19. The van der Waals surface area contributed by atoms with Crippen LogP contribution < -0.4 is 0 Å². The maximum Gasteiger partial charge on any atom is 0.338 e. The number of aliphatic hydroxyl groups is 1. The van der Waals surface area contributed by atoms with E-state index in [2.05, 4.69) is 4.98 Å². The smallest absolute Gasteiger partial charge is 0.338 e. The number of rotatable bonds is 5. The third-order valence-corrected chi connectivity index (χ3v) is 2.96. The first-order valence-corrected chi connectivity index (χ1v) is 5.92. The molecule has 0 aliphatic heterocycles. The highest BCUT2D eigenvalue weighted by atomic mass is 32.2. The number of aromatic carboxylic acids is 1. The highest BCUT2D eigenvalue weighted by molar-refractivity contribution is 7.99. The highest BCUT2D eigenvalue weighted by Crippen LogP contribution is 2.23. The summed E-state index contributed by atoms with van der Waals surface area (Å²) in [7, 11) is 0. The number of nitrogens with zero attached hydrogens (tertiary/aromatic N) is 1. The van der Waals surface area contributed by atoms with Gasteiger partial charge in [0.2, 0.25) is 0 Å². The molecule has 0 fully saturated rings. The van der Waals surface area contributed by atoms with E-state index in [0.717, 1.165) is 0 Å². The molecule has 0 saturated heterocycles. The van der Waals surface area contributed by atoms with E-state index in [9.17, 15) is 9.90 Å². The van der Waals surface area contributed by atoms with Crippen LogP contribution in [0.4, 0.5) is 0 Å². The van der Waals surface area contributed by atoms with Gasteiger partial charge < -0.3 is 10.2 Å². The average Bonchev–Trinajstić information content (AvgIpc) is 2.16. The van der Waals surface area contributed by atoms with Crippen molar-refractivity contribution in [2.45, 2.75) is 30.9 Å². The number of carboxylic acid groups (broad SMARTS) is 1. The second kappa shape index (κ2) is 5.32. The third-order valence-electron chi connectivity index (χ3n) is 1.95. The van der Waals surface area contributed by atoms with Crippen LogP contribution in [0.15, 0.2) is 23.4 Å². The van der Waals surface area contributed by atoms with Gasteiger partial charge in [-0.2, -0.15) is 0 Å². The molecule has 0 saturated carbocycles. The molecule has 16 heavy (non-hydrogen) atoms. The summed E-state index contributed by atoms with van der Waals surface area (Å²) in [5.41, 5.74) is -0.520. The van der Waals surface area contributed by atoms with Crippen LogP contribution in [0.25, 0.3) is 0 Å². The van der Waals surface area contributed by atoms with Gasteiger partial charge in [0.1, 0.15) is 5.03 Å². The minimum Gasteiger partial charge on any atom is -0.478 e. The molecule has 0 amide bonds. The standard InChI is InChI=1S/C11H15NO3S/c1-11(2,15)5-7-16-9-8(10(13)14)4-3-6-12-9/h3-4,6,15H,5,7H2,1-2H3,(H,13,14). The molecule has 0 atom stereocenters. The van der Waals surface area contributed by atoms with Crippen LogP contribution in [-0.4, -0.2) is 32.5 Å². The van der Waals surface area contributed by atoms with Crippen molar-refractivity contribution in [3.63, 3.8) is 0 Å². The Morgan fingerprint density at radius 3 is 2.81 bits per heavy atom. The van der Waals surface area contributed by atoms with Crippen LogP contribution in [-0.2, 0) is 0 Å². The summed E-state index contributed by atoms with van der Waals surface area (Å²) in [6.45, 7) is 3.45. The van der Waals surface area contributed by atoms with E-state index in [4.69, 9.17) is 5.11 Å². The van der Waals surface area contributed by atoms with Gasteiger partial charge in [0.15, 0.2) is 0 Å². The first kappa shape index (κ1) is 13.0. The number of aromatic nitrogens is 1. The molecule has 0 aromatic carbocycles. The summed E-state index contributed by atoms with van der Waals surface area (Å²) in [6, 6.07) is 3.13. The maximum atomic E-state index is 10.9. The summed E-state index contributed by atoms with van der Waals surface area (Å²) in [4.78, 5) is 14.9. The van der Waals surface area contributed by atoms with Crippen molar-refractivity contribution in [2.75, 3.05) is 5.75 Å². The normalized spacial score (nSPS) is 11.4. The molecule has 0 radical (unpaired) electrons. The summed E-state index contributed by atoms with van der Waals surface area (Å²) >= 11 is 1.35. The molecule has 0 bridgehead atoms. The van der Waals surface area contributed by atoms with Crippen molar-refractivity contribution in [3.8, 4) is 0 Å². The van der Waals surface area contributed by atoms with Gasteiger partial charge in [0, 0.05) is 11.9 Å². The largest absolute Gasteiger partial charge is 0.478 e. The molecular weight excluding hydrogens is 226 g/mol. The molecule has 0 spiro atoms. The Kier molecular flexibility index (Phi) is 4.32. The highest BCUT2D eigenvalue weighted by Gasteiger charge is 2.15. The van der Waals surface area contributed by atoms with Crippen LogP contribution in [0.1, 0.15) is 30.6 Å². The predicted molar refractivity (Wildman–Crippen MR) is 62.8 cm³/mol. The number of carboxylic acids is 1. The van der Waals surface area contributed by atoms with Crippen LogP contribution in [0.5, 0.6) is 0 Å². The Balaban J connectivity index is 2.64. The molecule has 0 aliphatic rings. The zero-order valence-corrected chi connectivity index (χ0v) is 10.1. The average molecular weight is 241 g/mol. The van der Waals surface area contributed by atoms with Crippen molar-refractivity contribution >= 4 is 17.7 Å². The second-order valence-corrected chi connectivity index (χ2v) is 5.16. The molecule has 4 nitrogen and oxygen atoms in total. The van der Waals surface area contributed by atoms with Crippen molar-refractivity contribution < 1.29 is 15.0 Å². The number of hydrogen-bond acceptors (Lipinski definition) is 4. The molecule has 1 aromatic rings. The Morgan fingerprint density at radius 2 is 2.25 bits per heavy atom. The van der Waals surface area contributed by atoms with Crippen LogP contribution in [0, 0.1) is 0 Å². The lowest BCUT2D eigenvalue weighted by molar-refractivity contribution is 0.0692. The van der Waals surface area contributed by atoms with Gasteiger partial charge in [0.25, 0.3) is 0 Å². The van der Waals surface area contributed by atoms with Gasteiger partial charge in [-0.1, -0.05) is 0 Å². The maximum absolute atomic E-state index is 10.9. The zero-order chi connectivity index (χ0) is 12.2. The molecule has 2 N–H and O–H groups in total. The molecule has 1 rings (SSSR count). The van der Waals surface area contributed by atoms with E-state index in [1.54, 1.807) is 26.1 Å². The van der Waals surface area contributed by atoms with E-state index in [0.29, 0.717) is 17.2 Å². The van der Waals surface area contributed by atoms with Gasteiger partial charge in [-0.05, 0) is 32.4 Å².